The first-order chi connectivity index (χ1) is 10.1. The Morgan fingerprint density at radius 2 is 2.05 bits per heavy atom. The monoisotopic (exact) mass is 288 g/mol. The maximum absolute atomic E-state index is 11.0. The van der Waals surface area contributed by atoms with E-state index >= 15 is 0 Å². The number of carbonyl (C=O) groups is 1. The molecule has 1 amide bonds. The summed E-state index contributed by atoms with van der Waals surface area (Å²) in [6.45, 7) is 4.67. The van der Waals surface area contributed by atoms with Crippen LogP contribution in [0.5, 0.6) is 0 Å². The van der Waals surface area contributed by atoms with Crippen molar-refractivity contribution in [1.82, 2.24) is 10.2 Å². The Morgan fingerprint density at radius 3 is 2.67 bits per heavy atom. The molecule has 1 aliphatic carbocycles. The summed E-state index contributed by atoms with van der Waals surface area (Å²) in [4.78, 5) is 12.5. The van der Waals surface area contributed by atoms with Gasteiger partial charge in [0, 0.05) is 19.1 Å². The van der Waals surface area contributed by atoms with Gasteiger partial charge in [0.1, 0.15) is 0 Å². The second-order valence-electron chi connectivity index (χ2n) is 6.57. The minimum atomic E-state index is -0.766. The normalized spacial score (nSPS) is 24.8. The predicted octanol–water partition coefficient (Wildman–Crippen LogP) is 3.12. The molecule has 1 aliphatic heterocycles. The molecular weight excluding hydrogens is 264 g/mol. The first kappa shape index (κ1) is 14.4. The quantitative estimate of drug-likeness (QED) is 0.895. The first-order valence-corrected chi connectivity index (χ1v) is 7.87. The zero-order valence-electron chi connectivity index (χ0n) is 12.6. The number of likely N-dealkylation sites (tertiary alicyclic amines) is 1. The van der Waals surface area contributed by atoms with Gasteiger partial charge < -0.3 is 15.3 Å². The molecule has 4 heteroatoms. The summed E-state index contributed by atoms with van der Waals surface area (Å²) in [7, 11) is 0. The van der Waals surface area contributed by atoms with E-state index in [9.17, 15) is 4.79 Å². The molecule has 1 aromatic rings. The fraction of sp³-hybridized carbons (Fsp3) is 0.588. The minimum Gasteiger partial charge on any atom is -0.465 e. The molecule has 2 fully saturated rings. The number of hydrogen-bond donors (Lipinski definition) is 2. The van der Waals surface area contributed by atoms with Gasteiger partial charge in [-0.1, -0.05) is 30.3 Å². The molecule has 3 rings (SSSR count). The van der Waals surface area contributed by atoms with Crippen LogP contribution in [0.25, 0.3) is 0 Å². The van der Waals surface area contributed by atoms with Crippen molar-refractivity contribution < 1.29 is 9.90 Å². The predicted molar refractivity (Wildman–Crippen MR) is 82.2 cm³/mol. The zero-order chi connectivity index (χ0) is 14.9. The molecule has 0 radical (unpaired) electrons. The summed E-state index contributed by atoms with van der Waals surface area (Å²) in [5.74, 6) is 0.722. The fourth-order valence-electron chi connectivity index (χ4n) is 3.65. The Morgan fingerprint density at radius 1 is 1.38 bits per heavy atom. The van der Waals surface area contributed by atoms with Gasteiger partial charge in [0.2, 0.25) is 0 Å². The molecule has 2 atom stereocenters. The highest BCUT2D eigenvalue weighted by Gasteiger charge is 2.54. The Balaban J connectivity index is 1.46. The average Bonchev–Trinajstić information content (AvgIpc) is 3.18. The third kappa shape index (κ3) is 3.05. The standard InChI is InChI=1S/C17H24N2O2/c1-13(14-5-3-2-4-6-14)18-12-15-11-17(15)7-9-19(10-8-17)16(20)21/h2-6,13,15,18H,7-12H2,1H3,(H,20,21)/t13?,15-/m1/s1. The minimum absolute atomic E-state index is 0.378. The number of benzene rings is 1. The molecule has 1 aromatic carbocycles. The van der Waals surface area contributed by atoms with E-state index in [0.717, 1.165) is 25.3 Å². The molecule has 114 valence electrons. The number of rotatable bonds is 4. The SMILES string of the molecule is CC(NC[C@H]1CC12CCN(C(=O)O)CC2)c1ccccc1. The molecule has 0 bridgehead atoms. The molecule has 1 saturated heterocycles. The Labute approximate surface area is 126 Å². The molecule has 21 heavy (non-hydrogen) atoms. The lowest BCUT2D eigenvalue weighted by molar-refractivity contribution is 0.117. The van der Waals surface area contributed by atoms with Gasteiger partial charge in [-0.3, -0.25) is 0 Å². The van der Waals surface area contributed by atoms with E-state index in [-0.39, 0.29) is 0 Å². The number of piperidine rings is 1. The van der Waals surface area contributed by atoms with Gasteiger partial charge in [-0.2, -0.15) is 0 Å². The van der Waals surface area contributed by atoms with Crippen LogP contribution < -0.4 is 5.32 Å². The van der Waals surface area contributed by atoms with E-state index in [0.29, 0.717) is 24.5 Å². The van der Waals surface area contributed by atoms with Crippen LogP contribution in [-0.2, 0) is 0 Å². The van der Waals surface area contributed by atoms with Crippen molar-refractivity contribution in [2.24, 2.45) is 11.3 Å². The smallest absolute Gasteiger partial charge is 0.407 e. The molecule has 1 spiro atoms. The van der Waals surface area contributed by atoms with Gasteiger partial charge in [0.05, 0.1) is 0 Å². The molecule has 4 nitrogen and oxygen atoms in total. The number of carboxylic acid groups (broad SMARTS) is 1. The molecule has 1 heterocycles. The Kier molecular flexibility index (Phi) is 3.89. The molecule has 1 unspecified atom stereocenters. The van der Waals surface area contributed by atoms with Crippen LogP contribution in [0.15, 0.2) is 30.3 Å². The Bertz CT molecular complexity index is 495. The molecule has 0 aromatic heterocycles. The molecule has 2 aliphatic rings. The summed E-state index contributed by atoms with van der Waals surface area (Å²) < 4.78 is 0. The van der Waals surface area contributed by atoms with Crippen molar-refractivity contribution >= 4 is 6.09 Å². The van der Waals surface area contributed by atoms with Crippen LogP contribution in [0.1, 0.15) is 37.8 Å². The van der Waals surface area contributed by atoms with Gasteiger partial charge in [0.15, 0.2) is 0 Å². The van der Waals surface area contributed by atoms with Crippen molar-refractivity contribution in [3.63, 3.8) is 0 Å². The highest BCUT2D eigenvalue weighted by Crippen LogP contribution is 2.59. The zero-order valence-corrected chi connectivity index (χ0v) is 12.6. The van der Waals surface area contributed by atoms with Crippen LogP contribution in [0.4, 0.5) is 4.79 Å². The van der Waals surface area contributed by atoms with Gasteiger partial charge in [-0.25, -0.2) is 4.79 Å². The number of amides is 1. The lowest BCUT2D eigenvalue weighted by Crippen LogP contribution is -2.39. The summed E-state index contributed by atoms with van der Waals surface area (Å²) in [6.07, 6.45) is 2.56. The van der Waals surface area contributed by atoms with E-state index in [1.807, 2.05) is 6.07 Å². The summed E-state index contributed by atoms with van der Waals surface area (Å²) in [5.41, 5.74) is 1.75. The van der Waals surface area contributed by atoms with Crippen molar-refractivity contribution in [1.29, 1.82) is 0 Å². The van der Waals surface area contributed by atoms with Crippen LogP contribution in [0.2, 0.25) is 0 Å². The molecule has 1 saturated carbocycles. The van der Waals surface area contributed by atoms with Gasteiger partial charge in [0.25, 0.3) is 0 Å². The summed E-state index contributed by atoms with van der Waals surface area (Å²) in [5, 5.41) is 12.6. The van der Waals surface area contributed by atoms with Crippen LogP contribution in [0, 0.1) is 11.3 Å². The number of hydrogen-bond acceptors (Lipinski definition) is 2. The summed E-state index contributed by atoms with van der Waals surface area (Å²) in [6, 6.07) is 10.9. The number of nitrogens with zero attached hydrogens (tertiary/aromatic N) is 1. The van der Waals surface area contributed by atoms with E-state index < -0.39 is 6.09 Å². The van der Waals surface area contributed by atoms with E-state index in [2.05, 4.69) is 36.5 Å². The Hall–Kier alpha value is -1.55. The third-order valence-corrected chi connectivity index (χ3v) is 5.36. The summed E-state index contributed by atoms with van der Waals surface area (Å²) >= 11 is 0. The topological polar surface area (TPSA) is 52.6 Å². The van der Waals surface area contributed by atoms with Gasteiger partial charge >= 0.3 is 6.09 Å². The highest BCUT2D eigenvalue weighted by molar-refractivity contribution is 5.65. The third-order valence-electron chi connectivity index (χ3n) is 5.36. The lowest BCUT2D eigenvalue weighted by atomic mass is 9.91. The van der Waals surface area contributed by atoms with Crippen molar-refractivity contribution in [2.45, 2.75) is 32.2 Å². The lowest BCUT2D eigenvalue weighted by Gasteiger charge is -2.31. The highest BCUT2D eigenvalue weighted by atomic mass is 16.4. The van der Waals surface area contributed by atoms with Gasteiger partial charge in [-0.15, -0.1) is 0 Å². The van der Waals surface area contributed by atoms with Crippen LogP contribution in [0.3, 0.4) is 0 Å². The van der Waals surface area contributed by atoms with Crippen molar-refractivity contribution in [3.05, 3.63) is 35.9 Å². The maximum atomic E-state index is 11.0. The van der Waals surface area contributed by atoms with E-state index in [1.165, 1.54) is 12.0 Å². The van der Waals surface area contributed by atoms with Crippen LogP contribution in [-0.4, -0.2) is 35.7 Å². The van der Waals surface area contributed by atoms with Crippen molar-refractivity contribution in [2.75, 3.05) is 19.6 Å². The average molecular weight is 288 g/mol. The fourth-order valence-corrected chi connectivity index (χ4v) is 3.65. The van der Waals surface area contributed by atoms with Crippen molar-refractivity contribution in [3.8, 4) is 0 Å². The maximum Gasteiger partial charge on any atom is 0.407 e. The molecule has 2 N–H and O–H groups in total. The van der Waals surface area contributed by atoms with E-state index in [1.54, 1.807) is 4.90 Å². The largest absolute Gasteiger partial charge is 0.465 e. The first-order valence-electron chi connectivity index (χ1n) is 7.87. The second-order valence-corrected chi connectivity index (χ2v) is 6.57. The van der Waals surface area contributed by atoms with Gasteiger partial charge in [-0.05, 0) is 49.6 Å². The second kappa shape index (κ2) is 5.68. The number of nitrogens with one attached hydrogen (secondary N) is 1. The molecular formula is C17H24N2O2. The van der Waals surface area contributed by atoms with E-state index in [4.69, 9.17) is 5.11 Å². The van der Waals surface area contributed by atoms with Crippen LogP contribution >= 0.6 is 0 Å².